The zero-order valence-electron chi connectivity index (χ0n) is 8.11. The van der Waals surface area contributed by atoms with Crippen LogP contribution in [-0.2, 0) is 0 Å². The van der Waals surface area contributed by atoms with Crippen LogP contribution in [0.15, 0.2) is 36.4 Å². The van der Waals surface area contributed by atoms with E-state index in [9.17, 15) is 0 Å². The molecule has 0 N–H and O–H groups in total. The van der Waals surface area contributed by atoms with Crippen LogP contribution in [0.5, 0.6) is 0 Å². The van der Waals surface area contributed by atoms with E-state index in [0.717, 1.165) is 11.3 Å². The van der Waals surface area contributed by atoms with Gasteiger partial charge < -0.3 is 0 Å². The van der Waals surface area contributed by atoms with Crippen molar-refractivity contribution in [2.24, 2.45) is 0 Å². The number of rotatable bonds is 1. The normalized spacial score (nSPS) is 9.81. The average molecular weight is 249 g/mol. The molecule has 0 aliphatic carbocycles. The van der Waals surface area contributed by atoms with E-state index in [4.69, 9.17) is 28.5 Å². The van der Waals surface area contributed by atoms with Gasteiger partial charge in [0.05, 0.1) is 11.3 Å². The molecule has 0 bridgehead atoms. The van der Waals surface area contributed by atoms with Crippen LogP contribution >= 0.6 is 23.2 Å². The molecule has 0 atom stereocenters. The van der Waals surface area contributed by atoms with Gasteiger partial charge in [0.2, 0.25) is 0 Å². The average Bonchev–Trinajstić information content (AvgIpc) is 2.30. The summed E-state index contributed by atoms with van der Waals surface area (Å²) in [7, 11) is 0. The van der Waals surface area contributed by atoms with Gasteiger partial charge in [-0.25, -0.2) is 4.98 Å². The third kappa shape index (κ3) is 2.16. The van der Waals surface area contributed by atoms with Gasteiger partial charge in [-0.05, 0) is 24.3 Å². The number of hydrogen-bond donors (Lipinski definition) is 0. The van der Waals surface area contributed by atoms with Gasteiger partial charge in [-0.3, -0.25) is 0 Å². The zero-order chi connectivity index (χ0) is 11.5. The molecular weight excluding hydrogens is 243 g/mol. The Balaban J connectivity index is 2.46. The second kappa shape index (κ2) is 4.52. The van der Waals surface area contributed by atoms with E-state index >= 15 is 0 Å². The highest BCUT2D eigenvalue weighted by Gasteiger charge is 2.04. The molecule has 0 aliphatic rings. The maximum Gasteiger partial charge on any atom is 0.147 e. The highest BCUT2D eigenvalue weighted by Crippen LogP contribution is 2.22. The van der Waals surface area contributed by atoms with Gasteiger partial charge in [0.25, 0.3) is 0 Å². The van der Waals surface area contributed by atoms with Gasteiger partial charge in [-0.15, -0.1) is 0 Å². The van der Waals surface area contributed by atoms with Crippen molar-refractivity contribution >= 4 is 23.2 Å². The minimum atomic E-state index is 0.218. The number of aromatic nitrogens is 1. The second-order valence-corrected chi connectivity index (χ2v) is 3.95. The number of nitriles is 1. The fourth-order valence-electron chi connectivity index (χ4n) is 1.30. The number of hydrogen-bond acceptors (Lipinski definition) is 2. The molecule has 78 valence electrons. The van der Waals surface area contributed by atoms with E-state index in [2.05, 4.69) is 4.98 Å². The number of benzene rings is 1. The largest absolute Gasteiger partial charge is 0.235 e. The van der Waals surface area contributed by atoms with Gasteiger partial charge >= 0.3 is 0 Å². The lowest BCUT2D eigenvalue weighted by atomic mass is 10.1. The Morgan fingerprint density at radius 3 is 2.25 bits per heavy atom. The number of pyridine rings is 1. The van der Waals surface area contributed by atoms with E-state index in [-0.39, 0.29) is 5.15 Å². The highest BCUT2D eigenvalue weighted by molar-refractivity contribution is 6.31. The molecule has 0 radical (unpaired) electrons. The minimum Gasteiger partial charge on any atom is -0.235 e. The van der Waals surface area contributed by atoms with Crippen molar-refractivity contribution in [2.75, 3.05) is 0 Å². The monoisotopic (exact) mass is 248 g/mol. The summed E-state index contributed by atoms with van der Waals surface area (Å²) in [6.45, 7) is 0. The summed E-state index contributed by atoms with van der Waals surface area (Å²) in [6.07, 6.45) is 0. The molecule has 2 aromatic rings. The lowest BCUT2D eigenvalue weighted by Gasteiger charge is -2.02. The first-order chi connectivity index (χ1) is 7.70. The maximum absolute atomic E-state index is 8.72. The predicted octanol–water partition coefficient (Wildman–Crippen LogP) is 3.93. The van der Waals surface area contributed by atoms with Crippen LogP contribution in [0.1, 0.15) is 5.56 Å². The van der Waals surface area contributed by atoms with Crippen LogP contribution in [0.25, 0.3) is 11.3 Å². The molecule has 1 heterocycles. The number of halogens is 2. The van der Waals surface area contributed by atoms with Crippen LogP contribution in [0.4, 0.5) is 0 Å². The van der Waals surface area contributed by atoms with Crippen molar-refractivity contribution in [3.8, 4) is 17.3 Å². The molecular formula is C12H6Cl2N2. The summed E-state index contributed by atoms with van der Waals surface area (Å²) in [5, 5.41) is 9.61. The fourth-order valence-corrected chi connectivity index (χ4v) is 1.62. The SMILES string of the molecule is N#Cc1ccc(-c2ccc(Cl)cc2)nc1Cl. The van der Waals surface area contributed by atoms with E-state index in [1.807, 2.05) is 18.2 Å². The van der Waals surface area contributed by atoms with Gasteiger partial charge in [-0.1, -0.05) is 35.3 Å². The van der Waals surface area contributed by atoms with E-state index in [0.29, 0.717) is 10.6 Å². The lowest BCUT2D eigenvalue weighted by molar-refractivity contribution is 1.30. The lowest BCUT2D eigenvalue weighted by Crippen LogP contribution is -1.87. The molecule has 0 aliphatic heterocycles. The smallest absolute Gasteiger partial charge is 0.147 e. The summed E-state index contributed by atoms with van der Waals surface area (Å²) in [5.74, 6) is 0. The maximum atomic E-state index is 8.72. The van der Waals surface area contributed by atoms with Gasteiger partial charge in [0.15, 0.2) is 0 Å². The van der Waals surface area contributed by atoms with Crippen LogP contribution in [0.2, 0.25) is 10.2 Å². The standard InChI is InChI=1S/C12H6Cl2N2/c13-10-4-1-8(2-5-10)11-6-3-9(7-15)12(14)16-11/h1-6H. The van der Waals surface area contributed by atoms with Crippen LogP contribution in [0, 0.1) is 11.3 Å². The second-order valence-electron chi connectivity index (χ2n) is 3.15. The van der Waals surface area contributed by atoms with E-state index in [1.165, 1.54) is 0 Å². The first-order valence-corrected chi connectivity index (χ1v) is 5.29. The van der Waals surface area contributed by atoms with Crippen LogP contribution in [-0.4, -0.2) is 4.98 Å². The summed E-state index contributed by atoms with van der Waals surface area (Å²) in [4.78, 5) is 4.14. The Morgan fingerprint density at radius 2 is 1.69 bits per heavy atom. The Kier molecular flexibility index (Phi) is 3.09. The molecule has 4 heteroatoms. The molecule has 0 unspecified atom stereocenters. The molecule has 1 aromatic carbocycles. The Bertz CT molecular complexity index is 556. The minimum absolute atomic E-state index is 0.218. The van der Waals surface area contributed by atoms with Crippen LogP contribution < -0.4 is 0 Å². The molecule has 16 heavy (non-hydrogen) atoms. The van der Waals surface area contributed by atoms with Crippen molar-refractivity contribution in [3.63, 3.8) is 0 Å². The molecule has 0 saturated carbocycles. The van der Waals surface area contributed by atoms with Gasteiger partial charge in [0, 0.05) is 10.6 Å². The van der Waals surface area contributed by atoms with E-state index < -0.39 is 0 Å². The Hall–Kier alpha value is -1.56. The van der Waals surface area contributed by atoms with Gasteiger partial charge in [-0.2, -0.15) is 5.26 Å². The molecule has 2 nitrogen and oxygen atoms in total. The van der Waals surface area contributed by atoms with Gasteiger partial charge in [0.1, 0.15) is 11.2 Å². The zero-order valence-corrected chi connectivity index (χ0v) is 9.63. The van der Waals surface area contributed by atoms with Crippen molar-refractivity contribution in [2.45, 2.75) is 0 Å². The molecule has 0 amide bonds. The van der Waals surface area contributed by atoms with Crippen molar-refractivity contribution in [1.82, 2.24) is 4.98 Å². The van der Waals surface area contributed by atoms with Crippen LogP contribution in [0.3, 0.4) is 0 Å². The first-order valence-electron chi connectivity index (χ1n) is 4.53. The molecule has 1 aromatic heterocycles. The summed E-state index contributed by atoms with van der Waals surface area (Å²) >= 11 is 11.6. The van der Waals surface area contributed by atoms with Crippen molar-refractivity contribution < 1.29 is 0 Å². The van der Waals surface area contributed by atoms with E-state index in [1.54, 1.807) is 24.3 Å². The van der Waals surface area contributed by atoms with Crippen molar-refractivity contribution in [3.05, 3.63) is 52.1 Å². The molecule has 0 saturated heterocycles. The van der Waals surface area contributed by atoms with Crippen molar-refractivity contribution in [1.29, 1.82) is 5.26 Å². The molecule has 0 spiro atoms. The third-order valence-corrected chi connectivity index (χ3v) is 2.65. The highest BCUT2D eigenvalue weighted by atomic mass is 35.5. The Labute approximate surface area is 103 Å². The first kappa shape index (κ1) is 10.9. The molecule has 2 rings (SSSR count). The predicted molar refractivity (Wildman–Crippen MR) is 64.4 cm³/mol. The quantitative estimate of drug-likeness (QED) is 0.718. The third-order valence-electron chi connectivity index (χ3n) is 2.11. The fraction of sp³-hybridized carbons (Fsp3) is 0. The summed E-state index contributed by atoms with van der Waals surface area (Å²) in [6, 6.07) is 12.7. The summed E-state index contributed by atoms with van der Waals surface area (Å²) in [5.41, 5.74) is 2.01. The molecule has 0 fully saturated rings. The Morgan fingerprint density at radius 1 is 1.00 bits per heavy atom. The topological polar surface area (TPSA) is 36.7 Å². The summed E-state index contributed by atoms with van der Waals surface area (Å²) < 4.78 is 0. The number of nitrogens with zero attached hydrogens (tertiary/aromatic N) is 2.